The molecule has 1 amide bonds. The number of aryl methyl sites for hydroxylation is 1. The van der Waals surface area contributed by atoms with E-state index in [1.165, 1.54) is 24.0 Å². The lowest BCUT2D eigenvalue weighted by atomic mass is 9.90. The fraction of sp³-hybridized carbons (Fsp3) is 0.562. The first-order valence-electron chi connectivity index (χ1n) is 7.41. The number of hydrogen-bond acceptors (Lipinski definition) is 2. The Labute approximate surface area is 114 Å². The van der Waals surface area contributed by atoms with E-state index in [2.05, 4.69) is 17.4 Å². The van der Waals surface area contributed by atoms with Crippen molar-refractivity contribution in [3.63, 3.8) is 0 Å². The highest BCUT2D eigenvalue weighted by Crippen LogP contribution is 2.30. The summed E-state index contributed by atoms with van der Waals surface area (Å²) in [5.41, 5.74) is 9.68. The van der Waals surface area contributed by atoms with Crippen molar-refractivity contribution in [3.05, 3.63) is 29.3 Å². The van der Waals surface area contributed by atoms with Crippen molar-refractivity contribution in [3.8, 4) is 0 Å². The number of anilines is 1. The van der Waals surface area contributed by atoms with Gasteiger partial charge in [0.2, 0.25) is 5.91 Å². The third-order valence-electron chi connectivity index (χ3n) is 4.50. The van der Waals surface area contributed by atoms with Crippen LogP contribution in [0.4, 0.5) is 5.69 Å². The fourth-order valence-electron chi connectivity index (χ4n) is 3.39. The standard InChI is InChI=1S/C16H22N2O/c17-13-9-8-12(10-13)16(19)18-15-7-3-5-11-4-1-2-6-14(11)15/h3,5,7,12-13H,1-2,4,6,8-10,17H2,(H,18,19). The predicted octanol–water partition coefficient (Wildman–Crippen LogP) is 2.63. The third-order valence-corrected chi connectivity index (χ3v) is 4.50. The third kappa shape index (κ3) is 2.66. The molecule has 3 rings (SSSR count). The molecule has 0 saturated heterocycles. The summed E-state index contributed by atoms with van der Waals surface area (Å²) in [4.78, 5) is 12.3. The van der Waals surface area contributed by atoms with E-state index in [0.29, 0.717) is 0 Å². The average molecular weight is 258 g/mol. The Balaban J connectivity index is 1.74. The van der Waals surface area contributed by atoms with Crippen molar-refractivity contribution in [1.82, 2.24) is 0 Å². The Hall–Kier alpha value is -1.35. The quantitative estimate of drug-likeness (QED) is 0.856. The molecule has 1 saturated carbocycles. The minimum Gasteiger partial charge on any atom is -0.328 e. The Morgan fingerprint density at radius 3 is 2.84 bits per heavy atom. The van der Waals surface area contributed by atoms with E-state index in [9.17, 15) is 4.79 Å². The van der Waals surface area contributed by atoms with Crippen molar-refractivity contribution in [2.75, 3.05) is 5.32 Å². The van der Waals surface area contributed by atoms with Gasteiger partial charge in [-0.2, -0.15) is 0 Å². The molecule has 3 nitrogen and oxygen atoms in total. The van der Waals surface area contributed by atoms with Gasteiger partial charge in [0.25, 0.3) is 0 Å². The summed E-state index contributed by atoms with van der Waals surface area (Å²) >= 11 is 0. The van der Waals surface area contributed by atoms with Gasteiger partial charge in [-0.3, -0.25) is 4.79 Å². The van der Waals surface area contributed by atoms with Gasteiger partial charge in [-0.25, -0.2) is 0 Å². The largest absolute Gasteiger partial charge is 0.328 e. The van der Waals surface area contributed by atoms with E-state index < -0.39 is 0 Å². The topological polar surface area (TPSA) is 55.1 Å². The van der Waals surface area contributed by atoms with E-state index >= 15 is 0 Å². The molecule has 3 heteroatoms. The van der Waals surface area contributed by atoms with Crippen LogP contribution < -0.4 is 11.1 Å². The number of nitrogens with one attached hydrogen (secondary N) is 1. The summed E-state index contributed by atoms with van der Waals surface area (Å²) in [5, 5.41) is 3.14. The zero-order chi connectivity index (χ0) is 13.2. The van der Waals surface area contributed by atoms with Crippen LogP contribution >= 0.6 is 0 Å². The second-order valence-electron chi connectivity index (χ2n) is 5.91. The monoisotopic (exact) mass is 258 g/mol. The minimum atomic E-state index is 0.106. The summed E-state index contributed by atoms with van der Waals surface area (Å²) in [6.07, 6.45) is 7.48. The molecular weight excluding hydrogens is 236 g/mol. The summed E-state index contributed by atoms with van der Waals surface area (Å²) in [6.45, 7) is 0. The number of hydrogen-bond donors (Lipinski definition) is 2. The lowest BCUT2D eigenvalue weighted by Crippen LogP contribution is -2.24. The predicted molar refractivity (Wildman–Crippen MR) is 77.0 cm³/mol. The van der Waals surface area contributed by atoms with Gasteiger partial charge in [-0.15, -0.1) is 0 Å². The van der Waals surface area contributed by atoms with Crippen molar-refractivity contribution in [2.24, 2.45) is 11.7 Å². The van der Waals surface area contributed by atoms with Gasteiger partial charge in [0.05, 0.1) is 0 Å². The molecule has 2 aliphatic carbocycles. The minimum absolute atomic E-state index is 0.106. The molecule has 0 aliphatic heterocycles. The molecule has 0 bridgehead atoms. The SMILES string of the molecule is NC1CCC(C(=O)Nc2cccc3c2CCCC3)C1. The van der Waals surface area contributed by atoms with Gasteiger partial charge < -0.3 is 11.1 Å². The maximum atomic E-state index is 12.3. The fourth-order valence-corrected chi connectivity index (χ4v) is 3.39. The van der Waals surface area contributed by atoms with Gasteiger partial charge in [0.1, 0.15) is 0 Å². The molecule has 1 aromatic rings. The summed E-state index contributed by atoms with van der Waals surface area (Å²) in [7, 11) is 0. The van der Waals surface area contributed by atoms with E-state index in [4.69, 9.17) is 5.73 Å². The number of benzene rings is 1. The molecule has 1 aromatic carbocycles. The summed E-state index contributed by atoms with van der Waals surface area (Å²) in [5.74, 6) is 0.265. The number of nitrogens with two attached hydrogens (primary N) is 1. The van der Waals surface area contributed by atoms with E-state index in [0.717, 1.165) is 37.8 Å². The van der Waals surface area contributed by atoms with Crippen molar-refractivity contribution in [1.29, 1.82) is 0 Å². The van der Waals surface area contributed by atoms with Crippen LogP contribution in [0.25, 0.3) is 0 Å². The second-order valence-corrected chi connectivity index (χ2v) is 5.91. The molecule has 3 N–H and O–H groups in total. The van der Waals surface area contributed by atoms with Crippen LogP contribution in [0, 0.1) is 5.92 Å². The first-order valence-corrected chi connectivity index (χ1v) is 7.41. The lowest BCUT2D eigenvalue weighted by Gasteiger charge is -2.20. The van der Waals surface area contributed by atoms with Crippen molar-refractivity contribution in [2.45, 2.75) is 51.0 Å². The van der Waals surface area contributed by atoms with Crippen LogP contribution in [-0.2, 0) is 17.6 Å². The lowest BCUT2D eigenvalue weighted by molar-refractivity contribution is -0.119. The Bertz CT molecular complexity index is 484. The maximum Gasteiger partial charge on any atom is 0.227 e. The normalized spacial score (nSPS) is 25.9. The van der Waals surface area contributed by atoms with Gasteiger partial charge in [-0.1, -0.05) is 12.1 Å². The van der Waals surface area contributed by atoms with Gasteiger partial charge in [0.15, 0.2) is 0 Å². The Morgan fingerprint density at radius 2 is 2.05 bits per heavy atom. The summed E-state index contributed by atoms with van der Waals surface area (Å²) < 4.78 is 0. The zero-order valence-corrected chi connectivity index (χ0v) is 11.3. The first-order chi connectivity index (χ1) is 9.24. The summed E-state index contributed by atoms with van der Waals surface area (Å²) in [6, 6.07) is 6.49. The highest BCUT2D eigenvalue weighted by atomic mass is 16.1. The zero-order valence-electron chi connectivity index (χ0n) is 11.3. The average Bonchev–Trinajstić information content (AvgIpc) is 2.86. The molecule has 19 heavy (non-hydrogen) atoms. The van der Waals surface area contributed by atoms with E-state index in [1.54, 1.807) is 0 Å². The van der Waals surface area contributed by atoms with Crippen LogP contribution in [0.2, 0.25) is 0 Å². The van der Waals surface area contributed by atoms with Gasteiger partial charge in [0, 0.05) is 17.6 Å². The molecule has 2 aliphatic rings. The molecule has 102 valence electrons. The molecule has 2 atom stereocenters. The van der Waals surface area contributed by atoms with Crippen LogP contribution in [0.5, 0.6) is 0 Å². The number of carbonyl (C=O) groups excluding carboxylic acids is 1. The first kappa shape index (κ1) is 12.7. The van der Waals surface area contributed by atoms with Crippen molar-refractivity contribution < 1.29 is 4.79 Å². The molecule has 1 fully saturated rings. The molecule has 0 heterocycles. The van der Waals surface area contributed by atoms with Crippen LogP contribution in [-0.4, -0.2) is 11.9 Å². The molecule has 0 spiro atoms. The number of carbonyl (C=O) groups is 1. The van der Waals surface area contributed by atoms with Crippen molar-refractivity contribution >= 4 is 11.6 Å². The molecule has 0 aromatic heterocycles. The maximum absolute atomic E-state index is 12.3. The molecular formula is C16H22N2O. The highest BCUT2D eigenvalue weighted by molar-refractivity contribution is 5.93. The Morgan fingerprint density at radius 1 is 1.21 bits per heavy atom. The van der Waals surface area contributed by atoms with E-state index in [1.807, 2.05) is 6.07 Å². The van der Waals surface area contributed by atoms with E-state index in [-0.39, 0.29) is 17.9 Å². The highest BCUT2D eigenvalue weighted by Gasteiger charge is 2.28. The number of rotatable bonds is 2. The molecule has 0 radical (unpaired) electrons. The van der Waals surface area contributed by atoms with Gasteiger partial charge in [-0.05, 0) is 62.1 Å². The van der Waals surface area contributed by atoms with Crippen LogP contribution in [0.3, 0.4) is 0 Å². The number of fused-ring (bicyclic) bond motifs is 1. The number of amides is 1. The smallest absolute Gasteiger partial charge is 0.227 e. The molecule has 2 unspecified atom stereocenters. The van der Waals surface area contributed by atoms with Gasteiger partial charge >= 0.3 is 0 Å². The Kier molecular flexibility index (Phi) is 3.56. The van der Waals surface area contributed by atoms with Crippen LogP contribution in [0.1, 0.15) is 43.2 Å². The van der Waals surface area contributed by atoms with Crippen LogP contribution in [0.15, 0.2) is 18.2 Å². The second kappa shape index (κ2) is 5.33.